The largest absolute Gasteiger partial charge is 0.444 e. The van der Waals surface area contributed by atoms with E-state index in [1.807, 2.05) is 30.3 Å². The predicted octanol–water partition coefficient (Wildman–Crippen LogP) is 2.86. The summed E-state index contributed by atoms with van der Waals surface area (Å²) in [4.78, 5) is 30.6. The second-order valence-electron chi connectivity index (χ2n) is 6.82. The highest BCUT2D eigenvalue weighted by Crippen LogP contribution is 2.29. The van der Waals surface area contributed by atoms with Crippen LogP contribution >= 0.6 is 0 Å². The van der Waals surface area contributed by atoms with Crippen molar-refractivity contribution in [3.8, 4) is 0 Å². The number of anilines is 1. The molecule has 0 aliphatic carbocycles. The van der Waals surface area contributed by atoms with Crippen LogP contribution in [-0.4, -0.2) is 35.2 Å². The quantitative estimate of drug-likeness (QED) is 0.920. The van der Waals surface area contributed by atoms with E-state index in [0.717, 1.165) is 16.6 Å². The first kappa shape index (κ1) is 16.2. The summed E-state index contributed by atoms with van der Waals surface area (Å²) in [6.45, 7) is 5.92. The molecule has 1 saturated heterocycles. The number of ether oxygens (including phenoxy) is 1. The lowest BCUT2D eigenvalue weighted by Gasteiger charge is -2.22. The number of hydrogen-bond acceptors (Lipinski definition) is 4. The van der Waals surface area contributed by atoms with Gasteiger partial charge in [-0.25, -0.2) is 4.79 Å². The number of hydrogen-bond donors (Lipinski definition) is 1. The molecule has 2 heterocycles. The highest BCUT2D eigenvalue weighted by molar-refractivity contribution is 6.06. The van der Waals surface area contributed by atoms with E-state index in [9.17, 15) is 9.59 Å². The number of pyridine rings is 1. The Morgan fingerprint density at radius 2 is 2.08 bits per heavy atom. The molecule has 1 aromatic carbocycles. The van der Waals surface area contributed by atoms with Gasteiger partial charge in [0.25, 0.3) is 0 Å². The molecule has 1 fully saturated rings. The van der Waals surface area contributed by atoms with E-state index in [2.05, 4.69) is 10.3 Å². The van der Waals surface area contributed by atoms with Crippen LogP contribution in [0.3, 0.4) is 0 Å². The van der Waals surface area contributed by atoms with Crippen LogP contribution in [0.25, 0.3) is 10.9 Å². The fourth-order valence-electron chi connectivity index (χ4n) is 2.83. The van der Waals surface area contributed by atoms with Crippen molar-refractivity contribution in [2.75, 3.05) is 11.4 Å². The van der Waals surface area contributed by atoms with Crippen molar-refractivity contribution in [3.05, 3.63) is 36.5 Å². The van der Waals surface area contributed by atoms with Gasteiger partial charge < -0.3 is 15.0 Å². The fourth-order valence-corrected chi connectivity index (χ4v) is 2.83. The molecule has 1 aliphatic rings. The molecule has 3 rings (SSSR count). The lowest BCUT2D eigenvalue weighted by Crippen LogP contribution is -2.43. The van der Waals surface area contributed by atoms with Gasteiger partial charge in [-0.2, -0.15) is 0 Å². The van der Waals surface area contributed by atoms with Gasteiger partial charge >= 0.3 is 6.09 Å². The normalized spacial score (nSPS) is 18.0. The minimum absolute atomic E-state index is 0.128. The van der Waals surface area contributed by atoms with Crippen LogP contribution in [0.5, 0.6) is 0 Å². The van der Waals surface area contributed by atoms with Crippen molar-refractivity contribution in [3.63, 3.8) is 0 Å². The van der Waals surface area contributed by atoms with Gasteiger partial charge in [-0.05, 0) is 51.5 Å². The third kappa shape index (κ3) is 3.32. The molecule has 6 heteroatoms. The Morgan fingerprint density at radius 3 is 2.83 bits per heavy atom. The second kappa shape index (κ2) is 6.11. The lowest BCUT2D eigenvalue weighted by atomic mass is 10.1. The van der Waals surface area contributed by atoms with E-state index in [1.54, 1.807) is 31.9 Å². The average Bonchev–Trinajstić information content (AvgIpc) is 2.86. The molecule has 2 amide bonds. The van der Waals surface area contributed by atoms with Gasteiger partial charge in [-0.3, -0.25) is 9.78 Å². The number of benzene rings is 1. The Kier molecular flexibility index (Phi) is 4.13. The number of alkyl carbamates (subject to hydrolysis) is 1. The van der Waals surface area contributed by atoms with Gasteiger partial charge in [0, 0.05) is 18.1 Å². The summed E-state index contributed by atoms with van der Waals surface area (Å²) in [5, 5.41) is 3.59. The second-order valence-corrected chi connectivity index (χ2v) is 6.82. The molecule has 0 bridgehead atoms. The molecule has 0 saturated carbocycles. The number of nitrogens with zero attached hydrogens (tertiary/aromatic N) is 2. The number of amides is 2. The summed E-state index contributed by atoms with van der Waals surface area (Å²) >= 11 is 0. The minimum Gasteiger partial charge on any atom is -0.444 e. The van der Waals surface area contributed by atoms with Gasteiger partial charge in [0.1, 0.15) is 11.6 Å². The highest BCUT2D eigenvalue weighted by atomic mass is 16.6. The highest BCUT2D eigenvalue weighted by Gasteiger charge is 2.35. The van der Waals surface area contributed by atoms with Crippen molar-refractivity contribution in [2.24, 2.45) is 0 Å². The van der Waals surface area contributed by atoms with E-state index < -0.39 is 17.7 Å². The van der Waals surface area contributed by atoms with E-state index >= 15 is 0 Å². The molecule has 1 atom stereocenters. The van der Waals surface area contributed by atoms with Gasteiger partial charge in [-0.15, -0.1) is 0 Å². The summed E-state index contributed by atoms with van der Waals surface area (Å²) in [5.41, 5.74) is 1.07. The van der Waals surface area contributed by atoms with Crippen LogP contribution in [0.15, 0.2) is 36.5 Å². The zero-order valence-corrected chi connectivity index (χ0v) is 14.1. The number of carbonyl (C=O) groups is 2. The maximum atomic E-state index is 12.7. The monoisotopic (exact) mass is 327 g/mol. The van der Waals surface area contributed by atoms with Crippen LogP contribution in [0.1, 0.15) is 27.2 Å². The summed E-state index contributed by atoms with van der Waals surface area (Å²) in [5.74, 6) is -0.128. The number of aromatic nitrogens is 1. The van der Waals surface area contributed by atoms with Crippen LogP contribution in [0, 0.1) is 0 Å². The molecular formula is C18H21N3O3. The van der Waals surface area contributed by atoms with E-state index in [0.29, 0.717) is 13.0 Å². The molecule has 126 valence electrons. The zero-order chi connectivity index (χ0) is 17.3. The number of fused-ring (bicyclic) bond motifs is 1. The number of nitrogens with one attached hydrogen (secondary N) is 1. The Morgan fingerprint density at radius 1 is 1.29 bits per heavy atom. The van der Waals surface area contributed by atoms with Crippen molar-refractivity contribution in [1.29, 1.82) is 0 Å². The SMILES string of the molecule is CC(C)(C)OC(=O)N[C@H]1CCN(c2cccc3ncccc23)C1=O. The maximum Gasteiger partial charge on any atom is 0.408 e. The third-order valence-electron chi connectivity index (χ3n) is 3.81. The summed E-state index contributed by atoms with van der Waals surface area (Å²) in [6, 6.07) is 8.93. The maximum absolute atomic E-state index is 12.7. The molecule has 0 radical (unpaired) electrons. The van der Waals surface area contributed by atoms with E-state index in [1.165, 1.54) is 0 Å². The summed E-state index contributed by atoms with van der Waals surface area (Å²) < 4.78 is 5.23. The predicted molar refractivity (Wildman–Crippen MR) is 91.9 cm³/mol. The first-order valence-electron chi connectivity index (χ1n) is 8.00. The zero-order valence-electron chi connectivity index (χ0n) is 14.1. The standard InChI is InChI=1S/C18H21N3O3/c1-18(2,3)24-17(23)20-14-9-11-21(16(14)22)15-8-4-7-13-12(15)6-5-10-19-13/h4-8,10,14H,9,11H2,1-3H3,(H,20,23)/t14-/m0/s1. The van der Waals surface area contributed by atoms with Gasteiger partial charge in [0.15, 0.2) is 0 Å². The van der Waals surface area contributed by atoms with Crippen LogP contribution in [0.4, 0.5) is 10.5 Å². The van der Waals surface area contributed by atoms with Crippen LogP contribution in [0.2, 0.25) is 0 Å². The summed E-state index contributed by atoms with van der Waals surface area (Å²) in [6.07, 6.45) is 1.71. The van der Waals surface area contributed by atoms with E-state index in [4.69, 9.17) is 4.74 Å². The number of rotatable bonds is 2. The fraction of sp³-hybridized carbons (Fsp3) is 0.389. The molecule has 0 unspecified atom stereocenters. The lowest BCUT2D eigenvalue weighted by molar-refractivity contribution is -0.118. The van der Waals surface area contributed by atoms with Crippen LogP contribution < -0.4 is 10.2 Å². The Labute approximate surface area is 140 Å². The Bertz CT molecular complexity index is 777. The van der Waals surface area contributed by atoms with Crippen molar-refractivity contribution in [1.82, 2.24) is 10.3 Å². The van der Waals surface area contributed by atoms with Gasteiger partial charge in [-0.1, -0.05) is 6.07 Å². The van der Waals surface area contributed by atoms with Crippen molar-refractivity contribution < 1.29 is 14.3 Å². The minimum atomic E-state index is -0.591. The third-order valence-corrected chi connectivity index (χ3v) is 3.81. The molecule has 1 aliphatic heterocycles. The average molecular weight is 327 g/mol. The first-order chi connectivity index (χ1) is 11.3. The first-order valence-corrected chi connectivity index (χ1v) is 8.00. The molecule has 24 heavy (non-hydrogen) atoms. The molecule has 1 aromatic heterocycles. The van der Waals surface area contributed by atoms with Crippen molar-refractivity contribution in [2.45, 2.75) is 38.8 Å². The number of carbonyl (C=O) groups excluding carboxylic acids is 2. The topological polar surface area (TPSA) is 71.5 Å². The molecular weight excluding hydrogens is 306 g/mol. The smallest absolute Gasteiger partial charge is 0.408 e. The van der Waals surface area contributed by atoms with Gasteiger partial charge in [0.2, 0.25) is 5.91 Å². The van der Waals surface area contributed by atoms with E-state index in [-0.39, 0.29) is 5.91 Å². The molecule has 2 aromatic rings. The van der Waals surface area contributed by atoms with Gasteiger partial charge in [0.05, 0.1) is 11.2 Å². The summed E-state index contributed by atoms with van der Waals surface area (Å²) in [7, 11) is 0. The Balaban J connectivity index is 1.78. The molecule has 6 nitrogen and oxygen atoms in total. The van der Waals surface area contributed by atoms with Crippen molar-refractivity contribution >= 4 is 28.6 Å². The Hall–Kier alpha value is -2.63. The molecule has 0 spiro atoms. The molecule has 1 N–H and O–H groups in total. The van der Waals surface area contributed by atoms with Crippen LogP contribution in [-0.2, 0) is 9.53 Å².